The number of rotatable bonds is 5. The van der Waals surface area contributed by atoms with Crippen LogP contribution in [-0.2, 0) is 11.0 Å². The van der Waals surface area contributed by atoms with Crippen LogP contribution in [0.2, 0.25) is 0 Å². The third-order valence-electron chi connectivity index (χ3n) is 6.30. The molecule has 0 saturated heterocycles. The van der Waals surface area contributed by atoms with Crippen molar-refractivity contribution in [1.29, 1.82) is 0 Å². The van der Waals surface area contributed by atoms with Crippen LogP contribution in [0.15, 0.2) is 72.9 Å². The highest BCUT2D eigenvalue weighted by molar-refractivity contribution is 6.35. The molecule has 0 bridgehead atoms. The fourth-order valence-electron chi connectivity index (χ4n) is 4.29. The molecule has 7 nitrogen and oxygen atoms in total. The topological polar surface area (TPSA) is 98.0 Å². The molecule has 2 heterocycles. The van der Waals surface area contributed by atoms with Gasteiger partial charge in [0.25, 0.3) is 5.91 Å². The molecule has 0 spiro atoms. The predicted molar refractivity (Wildman–Crippen MR) is 147 cm³/mol. The van der Waals surface area contributed by atoms with Crippen LogP contribution in [0.25, 0.3) is 11.6 Å². The van der Waals surface area contributed by atoms with Gasteiger partial charge in [0, 0.05) is 40.2 Å². The number of benzene rings is 3. The quantitative estimate of drug-likeness (QED) is 0.172. The number of aryl methyl sites for hydroxylation is 2. The van der Waals surface area contributed by atoms with E-state index in [4.69, 9.17) is 0 Å². The van der Waals surface area contributed by atoms with Crippen LogP contribution >= 0.6 is 0 Å². The maximum Gasteiger partial charge on any atom is 0.416 e. The Kier molecular flexibility index (Phi) is 6.61. The minimum absolute atomic E-state index is 0.0285. The Balaban J connectivity index is 1.30. The number of H-pyrrole nitrogens is 1. The standard InChI is InChI=1S/C29H24F3N5O2/c1-16-5-7-19(13-24(16)29(30,31)32)35-28(39)36-21-8-6-17(2)25(14-21)34-20-9-10-22-23(12-18-4-3-11-33-18)27(38)37-26(22)15-20/h3-15,33-34H,1-2H3,(H,37,38)(H2,35,36,39). The summed E-state index contributed by atoms with van der Waals surface area (Å²) in [4.78, 5) is 28.1. The summed E-state index contributed by atoms with van der Waals surface area (Å²) in [7, 11) is 0. The van der Waals surface area contributed by atoms with Gasteiger partial charge in [-0.05, 0) is 79.6 Å². The van der Waals surface area contributed by atoms with Crippen molar-refractivity contribution in [2.45, 2.75) is 20.0 Å². The van der Waals surface area contributed by atoms with E-state index in [1.165, 1.54) is 19.1 Å². The lowest BCUT2D eigenvalue weighted by atomic mass is 10.1. The third kappa shape index (κ3) is 5.64. The van der Waals surface area contributed by atoms with Crippen molar-refractivity contribution < 1.29 is 22.8 Å². The molecule has 1 aromatic heterocycles. The number of carbonyl (C=O) groups is 2. The van der Waals surface area contributed by atoms with Crippen LogP contribution in [0.1, 0.15) is 27.9 Å². The number of hydrogen-bond donors (Lipinski definition) is 5. The van der Waals surface area contributed by atoms with Gasteiger partial charge >= 0.3 is 12.2 Å². The first-order valence-corrected chi connectivity index (χ1v) is 12.0. The van der Waals surface area contributed by atoms with E-state index in [9.17, 15) is 22.8 Å². The first-order chi connectivity index (χ1) is 18.6. The van der Waals surface area contributed by atoms with Crippen molar-refractivity contribution in [2.24, 2.45) is 0 Å². The van der Waals surface area contributed by atoms with E-state index >= 15 is 0 Å². The fourth-order valence-corrected chi connectivity index (χ4v) is 4.29. The molecule has 3 amide bonds. The Hall–Kier alpha value is -4.99. The average molecular weight is 532 g/mol. The monoisotopic (exact) mass is 531 g/mol. The molecule has 0 aliphatic carbocycles. The second kappa shape index (κ2) is 10.1. The number of urea groups is 1. The largest absolute Gasteiger partial charge is 0.416 e. The number of carbonyl (C=O) groups excluding carboxylic acids is 2. The molecule has 4 aromatic rings. The second-order valence-electron chi connectivity index (χ2n) is 9.16. The van der Waals surface area contributed by atoms with Crippen molar-refractivity contribution in [2.75, 3.05) is 21.3 Å². The number of anilines is 5. The van der Waals surface area contributed by atoms with E-state index in [1.54, 1.807) is 30.5 Å². The van der Waals surface area contributed by atoms with Crippen molar-refractivity contribution in [1.82, 2.24) is 4.98 Å². The highest BCUT2D eigenvalue weighted by Crippen LogP contribution is 2.36. The van der Waals surface area contributed by atoms with Gasteiger partial charge in [-0.1, -0.05) is 18.2 Å². The lowest BCUT2D eigenvalue weighted by Crippen LogP contribution is -2.20. The van der Waals surface area contributed by atoms with Gasteiger partial charge in [-0.15, -0.1) is 0 Å². The van der Waals surface area contributed by atoms with Crippen molar-refractivity contribution in [3.05, 3.63) is 101 Å². The maximum atomic E-state index is 13.2. The SMILES string of the molecule is Cc1ccc(NC(=O)Nc2ccc(C)c(C(F)(F)F)c2)cc1Nc1ccc2c(c1)NC(=O)C2=Cc1ccc[nH]1. The van der Waals surface area contributed by atoms with Gasteiger partial charge in [-0.2, -0.15) is 13.2 Å². The smallest absolute Gasteiger partial charge is 0.362 e. The van der Waals surface area contributed by atoms with Crippen LogP contribution < -0.4 is 21.3 Å². The number of amides is 3. The zero-order chi connectivity index (χ0) is 27.7. The average Bonchev–Trinajstić information content (AvgIpc) is 3.49. The molecule has 3 aromatic carbocycles. The molecule has 0 unspecified atom stereocenters. The van der Waals surface area contributed by atoms with E-state index in [2.05, 4.69) is 26.3 Å². The molecule has 198 valence electrons. The highest BCUT2D eigenvalue weighted by Gasteiger charge is 2.32. The molecule has 1 aliphatic rings. The molecule has 0 saturated carbocycles. The number of aromatic nitrogens is 1. The van der Waals surface area contributed by atoms with Crippen LogP contribution in [0.5, 0.6) is 0 Å². The first kappa shape index (κ1) is 25.7. The molecule has 39 heavy (non-hydrogen) atoms. The number of hydrogen-bond acceptors (Lipinski definition) is 3. The van der Waals surface area contributed by atoms with Crippen LogP contribution in [0, 0.1) is 13.8 Å². The number of nitrogens with one attached hydrogen (secondary N) is 5. The highest BCUT2D eigenvalue weighted by atomic mass is 19.4. The summed E-state index contributed by atoms with van der Waals surface area (Å²) in [5.74, 6) is -0.193. The molecule has 0 radical (unpaired) electrons. The molecule has 1 aliphatic heterocycles. The van der Waals surface area contributed by atoms with Gasteiger partial charge in [0.05, 0.1) is 16.8 Å². The Morgan fingerprint density at radius 1 is 0.872 bits per heavy atom. The van der Waals surface area contributed by atoms with E-state index in [0.29, 0.717) is 22.6 Å². The van der Waals surface area contributed by atoms with Gasteiger partial charge in [-0.25, -0.2) is 4.79 Å². The van der Waals surface area contributed by atoms with Crippen LogP contribution in [-0.4, -0.2) is 16.9 Å². The predicted octanol–water partition coefficient (Wildman–Crippen LogP) is 7.53. The number of fused-ring (bicyclic) bond motifs is 1. The van der Waals surface area contributed by atoms with Crippen molar-refractivity contribution in [3.8, 4) is 0 Å². The summed E-state index contributed by atoms with van der Waals surface area (Å²) in [5.41, 5.74) is 4.89. The lowest BCUT2D eigenvalue weighted by molar-refractivity contribution is -0.138. The fraction of sp³-hybridized carbons (Fsp3) is 0.103. The van der Waals surface area contributed by atoms with Crippen molar-refractivity contribution in [3.63, 3.8) is 0 Å². The van der Waals surface area contributed by atoms with E-state index in [1.807, 2.05) is 37.3 Å². The van der Waals surface area contributed by atoms with Gasteiger partial charge in [0.15, 0.2) is 0 Å². The summed E-state index contributed by atoms with van der Waals surface area (Å²) in [6.07, 6.45) is -0.941. The molecular formula is C29H24F3N5O2. The lowest BCUT2D eigenvalue weighted by Gasteiger charge is -2.15. The van der Waals surface area contributed by atoms with Crippen molar-refractivity contribution >= 4 is 52.0 Å². The number of alkyl halides is 3. The summed E-state index contributed by atoms with van der Waals surface area (Å²) in [5, 5.41) is 11.3. The Morgan fingerprint density at radius 2 is 1.56 bits per heavy atom. The van der Waals surface area contributed by atoms with E-state index in [-0.39, 0.29) is 17.2 Å². The van der Waals surface area contributed by atoms with E-state index < -0.39 is 17.8 Å². The summed E-state index contributed by atoms with van der Waals surface area (Å²) in [6.45, 7) is 3.25. The zero-order valence-electron chi connectivity index (χ0n) is 21.0. The molecule has 0 atom stereocenters. The Morgan fingerprint density at radius 3 is 2.26 bits per heavy atom. The molecule has 5 rings (SSSR count). The molecule has 5 N–H and O–H groups in total. The second-order valence-corrected chi connectivity index (χ2v) is 9.16. The first-order valence-electron chi connectivity index (χ1n) is 12.0. The molecular weight excluding hydrogens is 507 g/mol. The normalized spacial score (nSPS) is 13.7. The van der Waals surface area contributed by atoms with Gasteiger partial charge in [0.1, 0.15) is 0 Å². The van der Waals surface area contributed by atoms with Crippen LogP contribution in [0.3, 0.4) is 0 Å². The maximum absolute atomic E-state index is 13.2. The van der Waals surface area contributed by atoms with Gasteiger partial charge in [0.2, 0.25) is 0 Å². The minimum atomic E-state index is -4.52. The summed E-state index contributed by atoms with van der Waals surface area (Å²) < 4.78 is 39.6. The minimum Gasteiger partial charge on any atom is -0.362 e. The van der Waals surface area contributed by atoms with Gasteiger partial charge in [-0.3, -0.25) is 4.79 Å². The van der Waals surface area contributed by atoms with Crippen LogP contribution in [0.4, 0.5) is 46.4 Å². The zero-order valence-corrected chi connectivity index (χ0v) is 21.0. The Labute approximate surface area is 222 Å². The Bertz CT molecular complexity index is 1610. The van der Waals surface area contributed by atoms with E-state index in [0.717, 1.165) is 28.6 Å². The number of halogens is 3. The van der Waals surface area contributed by atoms with Gasteiger partial charge < -0.3 is 26.3 Å². The third-order valence-corrected chi connectivity index (χ3v) is 6.30. The number of aromatic amines is 1. The summed E-state index contributed by atoms with van der Waals surface area (Å²) >= 11 is 0. The summed E-state index contributed by atoms with van der Waals surface area (Å²) in [6, 6.07) is 17.4. The molecule has 10 heteroatoms. The molecule has 0 fully saturated rings.